The minimum atomic E-state index is -3.65. The zero-order chi connectivity index (χ0) is 20.5. The predicted molar refractivity (Wildman–Crippen MR) is 101 cm³/mol. The second-order valence-corrected chi connectivity index (χ2v) is 9.02. The summed E-state index contributed by atoms with van der Waals surface area (Å²) in [7, 11) is -3.65. The van der Waals surface area contributed by atoms with Gasteiger partial charge >= 0.3 is 0 Å². The average molecular weight is 406 g/mol. The number of aryl methyl sites for hydroxylation is 1. The molecule has 7 nitrogen and oxygen atoms in total. The van der Waals surface area contributed by atoms with Crippen molar-refractivity contribution in [2.24, 2.45) is 0 Å². The van der Waals surface area contributed by atoms with Gasteiger partial charge in [0, 0.05) is 35.8 Å². The predicted octanol–water partition coefficient (Wildman–Crippen LogP) is 3.04. The van der Waals surface area contributed by atoms with E-state index in [-0.39, 0.29) is 42.1 Å². The van der Waals surface area contributed by atoms with Gasteiger partial charge in [-0.15, -0.1) is 0 Å². The lowest BCUT2D eigenvalue weighted by atomic mass is 10.1. The lowest BCUT2D eigenvalue weighted by Gasteiger charge is -2.20. The molecule has 148 valence electrons. The summed E-state index contributed by atoms with van der Waals surface area (Å²) in [5.41, 5.74) is 0.485. The second kappa shape index (κ2) is 7.67. The van der Waals surface area contributed by atoms with Gasteiger partial charge < -0.3 is 4.90 Å². The number of nitro benzene ring substituents is 1. The van der Waals surface area contributed by atoms with Crippen LogP contribution >= 0.6 is 0 Å². The molecule has 1 aliphatic heterocycles. The summed E-state index contributed by atoms with van der Waals surface area (Å²) in [6.45, 7) is 1.64. The molecule has 0 aliphatic carbocycles. The third kappa shape index (κ3) is 3.89. The van der Waals surface area contributed by atoms with Gasteiger partial charge in [0.2, 0.25) is 0 Å². The van der Waals surface area contributed by atoms with E-state index in [4.69, 9.17) is 0 Å². The number of sulfone groups is 1. The molecule has 9 heteroatoms. The number of hydrogen-bond donors (Lipinski definition) is 0. The highest BCUT2D eigenvalue weighted by molar-refractivity contribution is 7.91. The molecule has 1 unspecified atom stereocenters. The van der Waals surface area contributed by atoms with Crippen LogP contribution in [0.1, 0.15) is 33.2 Å². The van der Waals surface area contributed by atoms with Crippen molar-refractivity contribution < 1.29 is 22.5 Å². The largest absolute Gasteiger partial charge is 0.338 e. The number of nitrogens with zero attached hydrogens (tertiary/aromatic N) is 2. The zero-order valence-electron chi connectivity index (χ0n) is 15.2. The lowest BCUT2D eigenvalue weighted by Crippen LogP contribution is -2.33. The van der Waals surface area contributed by atoms with Gasteiger partial charge in [-0.05, 0) is 25.5 Å². The third-order valence-electron chi connectivity index (χ3n) is 4.93. The van der Waals surface area contributed by atoms with E-state index in [0.29, 0.717) is 5.56 Å². The van der Waals surface area contributed by atoms with E-state index in [1.54, 1.807) is 13.0 Å². The second-order valence-electron chi connectivity index (χ2n) is 6.72. The van der Waals surface area contributed by atoms with E-state index in [1.807, 2.05) is 0 Å². The topological polar surface area (TPSA) is 97.6 Å². The highest BCUT2D eigenvalue weighted by atomic mass is 32.2. The molecule has 2 aromatic rings. The summed E-state index contributed by atoms with van der Waals surface area (Å²) in [4.78, 5) is 24.7. The summed E-state index contributed by atoms with van der Waals surface area (Å²) in [6.07, 6.45) is 0.0585. The quantitative estimate of drug-likeness (QED) is 0.576. The van der Waals surface area contributed by atoms with Gasteiger partial charge in [0.25, 0.3) is 11.6 Å². The van der Waals surface area contributed by atoms with Crippen molar-refractivity contribution in [2.75, 3.05) is 18.8 Å². The number of halogens is 1. The molecule has 1 saturated heterocycles. The molecule has 1 heterocycles. The number of carbonyl (C=O) groups excluding carboxylic acids is 1. The Morgan fingerprint density at radius 1 is 1.21 bits per heavy atom. The van der Waals surface area contributed by atoms with Crippen LogP contribution in [0.3, 0.4) is 0 Å². The molecule has 0 radical (unpaired) electrons. The van der Waals surface area contributed by atoms with Crippen molar-refractivity contribution in [3.8, 4) is 0 Å². The van der Waals surface area contributed by atoms with Crippen LogP contribution in [-0.4, -0.2) is 43.0 Å². The first-order valence-corrected chi connectivity index (χ1v) is 10.4. The fourth-order valence-electron chi connectivity index (χ4n) is 3.35. The SMILES string of the molecule is Cc1ccc(C(=O)N2CCC(c3ccccc3F)S(=O)(=O)CC2)cc1[N+](=O)[O-]. The Morgan fingerprint density at radius 2 is 1.93 bits per heavy atom. The van der Waals surface area contributed by atoms with Gasteiger partial charge in [0.15, 0.2) is 9.84 Å². The normalized spacial score (nSPS) is 19.1. The minimum absolute atomic E-state index is 0.0478. The molecule has 1 aliphatic rings. The first-order chi connectivity index (χ1) is 13.2. The number of benzene rings is 2. The van der Waals surface area contributed by atoms with Crippen LogP contribution < -0.4 is 0 Å². The molecule has 1 fully saturated rings. The first-order valence-electron chi connectivity index (χ1n) is 8.71. The van der Waals surface area contributed by atoms with Crippen LogP contribution in [0, 0.1) is 22.9 Å². The monoisotopic (exact) mass is 406 g/mol. The molecule has 0 aromatic heterocycles. The van der Waals surface area contributed by atoms with Crippen molar-refractivity contribution in [3.63, 3.8) is 0 Å². The smallest absolute Gasteiger partial charge is 0.273 e. The molecule has 1 atom stereocenters. The Labute approximate surface area is 161 Å². The maximum atomic E-state index is 14.1. The van der Waals surface area contributed by atoms with Crippen molar-refractivity contribution >= 4 is 21.4 Å². The number of carbonyl (C=O) groups is 1. The fraction of sp³-hybridized carbons (Fsp3) is 0.316. The molecule has 0 N–H and O–H groups in total. The van der Waals surface area contributed by atoms with Gasteiger partial charge in [0.05, 0.1) is 15.9 Å². The molecule has 0 spiro atoms. The van der Waals surface area contributed by atoms with Gasteiger partial charge in [-0.25, -0.2) is 12.8 Å². The maximum absolute atomic E-state index is 14.1. The Balaban J connectivity index is 1.87. The standard InChI is InChI=1S/C19H19FN2O5S/c1-13-6-7-14(12-17(13)22(24)25)19(23)21-9-8-18(28(26,27)11-10-21)15-4-2-3-5-16(15)20/h2-7,12,18H,8-11H2,1H3. The Morgan fingerprint density at radius 3 is 2.61 bits per heavy atom. The highest BCUT2D eigenvalue weighted by Crippen LogP contribution is 2.31. The van der Waals surface area contributed by atoms with Crippen LogP contribution in [0.25, 0.3) is 0 Å². The third-order valence-corrected chi connectivity index (χ3v) is 7.04. The van der Waals surface area contributed by atoms with E-state index in [1.165, 1.54) is 41.3 Å². The average Bonchev–Trinajstić information content (AvgIpc) is 2.80. The van der Waals surface area contributed by atoms with Gasteiger partial charge in [-0.3, -0.25) is 14.9 Å². The van der Waals surface area contributed by atoms with Crippen molar-refractivity contribution in [3.05, 3.63) is 75.1 Å². The van der Waals surface area contributed by atoms with Gasteiger partial charge in [0.1, 0.15) is 5.82 Å². The Hall–Kier alpha value is -2.81. The summed E-state index contributed by atoms with van der Waals surface area (Å²) in [5.74, 6) is -1.37. The van der Waals surface area contributed by atoms with Crippen LogP contribution in [0.4, 0.5) is 10.1 Å². The Kier molecular flexibility index (Phi) is 5.46. The molecule has 1 amide bonds. The van der Waals surface area contributed by atoms with Gasteiger partial charge in [-0.2, -0.15) is 0 Å². The highest BCUT2D eigenvalue weighted by Gasteiger charge is 2.34. The van der Waals surface area contributed by atoms with Crippen LogP contribution in [0.2, 0.25) is 0 Å². The van der Waals surface area contributed by atoms with E-state index < -0.39 is 31.7 Å². The number of nitro groups is 1. The molecule has 3 rings (SSSR count). The summed E-state index contributed by atoms with van der Waals surface area (Å²) in [5, 5.41) is 10.1. The van der Waals surface area contributed by atoms with Crippen LogP contribution in [0.5, 0.6) is 0 Å². The maximum Gasteiger partial charge on any atom is 0.273 e. The first kappa shape index (κ1) is 19.9. The van der Waals surface area contributed by atoms with Crippen LogP contribution in [-0.2, 0) is 9.84 Å². The molecular weight excluding hydrogens is 387 g/mol. The molecule has 0 saturated carbocycles. The summed E-state index contributed by atoms with van der Waals surface area (Å²) in [6, 6.07) is 9.89. The minimum Gasteiger partial charge on any atom is -0.338 e. The van der Waals surface area contributed by atoms with Crippen LogP contribution in [0.15, 0.2) is 42.5 Å². The van der Waals surface area contributed by atoms with Gasteiger partial charge in [-0.1, -0.05) is 24.3 Å². The van der Waals surface area contributed by atoms with E-state index in [0.717, 1.165) is 0 Å². The zero-order valence-corrected chi connectivity index (χ0v) is 16.0. The number of rotatable bonds is 3. The molecule has 2 aromatic carbocycles. The summed E-state index contributed by atoms with van der Waals surface area (Å²) < 4.78 is 39.4. The van der Waals surface area contributed by atoms with Crippen molar-refractivity contribution in [1.82, 2.24) is 4.90 Å². The number of hydrogen-bond acceptors (Lipinski definition) is 5. The molecule has 28 heavy (non-hydrogen) atoms. The molecule has 0 bridgehead atoms. The van der Waals surface area contributed by atoms with Crippen molar-refractivity contribution in [2.45, 2.75) is 18.6 Å². The lowest BCUT2D eigenvalue weighted by molar-refractivity contribution is -0.385. The summed E-state index contributed by atoms with van der Waals surface area (Å²) >= 11 is 0. The van der Waals surface area contributed by atoms with Crippen molar-refractivity contribution in [1.29, 1.82) is 0 Å². The fourth-order valence-corrected chi connectivity index (χ4v) is 5.16. The Bertz CT molecular complexity index is 1040. The molecular formula is C19H19FN2O5S. The van der Waals surface area contributed by atoms with E-state index in [9.17, 15) is 27.7 Å². The van der Waals surface area contributed by atoms with E-state index >= 15 is 0 Å². The van der Waals surface area contributed by atoms with E-state index in [2.05, 4.69) is 0 Å². The number of amides is 1.